The van der Waals surface area contributed by atoms with Gasteiger partial charge in [-0.25, -0.2) is 16.8 Å². The summed E-state index contributed by atoms with van der Waals surface area (Å²) >= 11 is 0. The van der Waals surface area contributed by atoms with E-state index >= 15 is 0 Å². The number of carbonyl (C=O) groups excluding carboxylic acids is 2. The zero-order valence-electron chi connectivity index (χ0n) is 19.8. The molecule has 1 saturated carbocycles. The Balaban J connectivity index is 1.75. The molecule has 1 aliphatic carbocycles. The van der Waals surface area contributed by atoms with Crippen molar-refractivity contribution in [3.63, 3.8) is 0 Å². The van der Waals surface area contributed by atoms with Gasteiger partial charge >= 0.3 is 0 Å². The number of rotatable bonds is 7. The highest BCUT2D eigenvalue weighted by atomic mass is 32.2. The van der Waals surface area contributed by atoms with Crippen LogP contribution in [0, 0.1) is 13.8 Å². The summed E-state index contributed by atoms with van der Waals surface area (Å²) in [4.78, 5) is 25.6. The molecule has 0 spiro atoms. The van der Waals surface area contributed by atoms with Crippen molar-refractivity contribution in [2.75, 3.05) is 9.44 Å². The lowest BCUT2D eigenvalue weighted by molar-refractivity contribution is -0.131. The maximum absolute atomic E-state index is 13.0. The van der Waals surface area contributed by atoms with Crippen LogP contribution in [-0.2, 0) is 29.6 Å². The topological polar surface area (TPSA) is 126 Å². The van der Waals surface area contributed by atoms with Gasteiger partial charge in [-0.2, -0.15) is 0 Å². The van der Waals surface area contributed by atoms with Crippen LogP contribution in [0.15, 0.2) is 76.5 Å². The van der Waals surface area contributed by atoms with Crippen LogP contribution in [0.2, 0.25) is 0 Å². The summed E-state index contributed by atoms with van der Waals surface area (Å²) in [5, 5.41) is 0. The summed E-state index contributed by atoms with van der Waals surface area (Å²) in [6, 6.07) is 16.6. The smallest absolute Gasteiger partial charge is 0.261 e. The zero-order valence-corrected chi connectivity index (χ0v) is 21.4. The van der Waals surface area contributed by atoms with Crippen molar-refractivity contribution < 1.29 is 26.4 Å². The minimum absolute atomic E-state index is 0.0181. The Morgan fingerprint density at radius 2 is 1.14 bits per heavy atom. The van der Waals surface area contributed by atoms with Crippen molar-refractivity contribution in [2.45, 2.75) is 48.8 Å². The molecule has 0 unspecified atom stereocenters. The average molecular weight is 527 g/mol. The summed E-state index contributed by atoms with van der Waals surface area (Å²) in [5.74, 6) is -1.85. The van der Waals surface area contributed by atoms with Crippen molar-refractivity contribution in [3.05, 3.63) is 83.4 Å². The number of hydrogen-bond acceptors (Lipinski definition) is 6. The second-order valence-electron chi connectivity index (χ2n) is 8.86. The van der Waals surface area contributed by atoms with Gasteiger partial charge in [0.2, 0.25) is 0 Å². The van der Waals surface area contributed by atoms with Crippen LogP contribution in [0.25, 0.3) is 0 Å². The van der Waals surface area contributed by atoms with E-state index in [0.29, 0.717) is 6.42 Å². The minimum Gasteiger partial charge on any atom is -0.299 e. The number of carbonyl (C=O) groups is 2. The second kappa shape index (κ2) is 9.87. The highest BCUT2D eigenvalue weighted by Gasteiger charge is 2.34. The molecule has 8 nitrogen and oxygen atoms in total. The number of ketones is 2. The Bertz CT molecular complexity index is 1510. The number of Topliss-reactive ketones (excluding diaryl/α,β-unsaturated/α-hetero) is 2. The fraction of sp³-hybridized carbons (Fsp3) is 0.231. The molecule has 1 aliphatic rings. The third kappa shape index (κ3) is 5.50. The average Bonchev–Trinajstić information content (AvgIpc) is 2.81. The third-order valence-electron chi connectivity index (χ3n) is 6.01. The molecule has 0 aromatic heterocycles. The normalized spacial score (nSPS) is 15.1. The second-order valence-corrected chi connectivity index (χ2v) is 12.2. The molecule has 4 rings (SSSR count). The largest absolute Gasteiger partial charge is 0.299 e. The van der Waals surface area contributed by atoms with Crippen molar-refractivity contribution in [1.82, 2.24) is 0 Å². The summed E-state index contributed by atoms with van der Waals surface area (Å²) in [5.41, 5.74) is 2.05. The lowest BCUT2D eigenvalue weighted by Gasteiger charge is -2.23. The van der Waals surface area contributed by atoms with Crippen LogP contribution in [0.1, 0.15) is 41.9 Å². The van der Waals surface area contributed by atoms with E-state index in [0.717, 1.165) is 11.1 Å². The van der Waals surface area contributed by atoms with E-state index in [1.807, 2.05) is 13.8 Å². The van der Waals surface area contributed by atoms with Gasteiger partial charge in [0.25, 0.3) is 20.0 Å². The van der Waals surface area contributed by atoms with Crippen LogP contribution < -0.4 is 9.44 Å². The summed E-state index contributed by atoms with van der Waals surface area (Å²) in [6.45, 7) is 3.67. The third-order valence-corrected chi connectivity index (χ3v) is 8.79. The minimum atomic E-state index is -4.03. The molecule has 0 atom stereocenters. The zero-order chi connectivity index (χ0) is 26.1. The summed E-state index contributed by atoms with van der Waals surface area (Å²) in [6.07, 6.45) is 0.790. The van der Waals surface area contributed by atoms with Crippen molar-refractivity contribution in [3.8, 4) is 0 Å². The highest BCUT2D eigenvalue weighted by molar-refractivity contribution is 7.93. The van der Waals surface area contributed by atoms with Crippen molar-refractivity contribution >= 4 is 43.0 Å². The molecular weight excluding hydrogens is 500 g/mol. The Hall–Kier alpha value is -3.50. The van der Waals surface area contributed by atoms with Gasteiger partial charge in [-0.05, 0) is 68.3 Å². The lowest BCUT2D eigenvalue weighted by Crippen LogP contribution is -2.28. The molecule has 3 aromatic rings. The maximum atomic E-state index is 13.0. The molecule has 0 radical (unpaired) electrons. The van der Waals surface area contributed by atoms with Crippen molar-refractivity contribution in [1.29, 1.82) is 0 Å². The molecule has 0 amide bonds. The first-order chi connectivity index (χ1) is 17.0. The number of nitrogens with one attached hydrogen (secondary N) is 2. The molecule has 0 saturated heterocycles. The molecule has 2 N–H and O–H groups in total. The first-order valence-corrected chi connectivity index (χ1v) is 14.3. The Labute approximate surface area is 210 Å². The van der Waals surface area contributed by atoms with Crippen LogP contribution in [0.4, 0.5) is 11.4 Å². The van der Waals surface area contributed by atoms with E-state index in [-0.39, 0.29) is 51.1 Å². The van der Waals surface area contributed by atoms with Crippen LogP contribution in [0.3, 0.4) is 0 Å². The van der Waals surface area contributed by atoms with Gasteiger partial charge in [-0.1, -0.05) is 35.4 Å². The number of anilines is 2. The van der Waals surface area contributed by atoms with Crippen LogP contribution in [0.5, 0.6) is 0 Å². The molecule has 3 aromatic carbocycles. The molecule has 0 bridgehead atoms. The maximum Gasteiger partial charge on any atom is 0.261 e. The molecule has 36 heavy (non-hydrogen) atoms. The Morgan fingerprint density at radius 1 is 0.667 bits per heavy atom. The summed E-state index contributed by atoms with van der Waals surface area (Å²) in [7, 11) is -7.99. The molecule has 10 heteroatoms. The highest BCUT2D eigenvalue weighted by Crippen LogP contribution is 2.35. The van der Waals surface area contributed by atoms with Crippen molar-refractivity contribution in [2.24, 2.45) is 0 Å². The van der Waals surface area contributed by atoms with Gasteiger partial charge in [0.1, 0.15) is 17.5 Å². The van der Waals surface area contributed by atoms with E-state index in [2.05, 4.69) is 9.44 Å². The molecule has 0 heterocycles. The van der Waals surface area contributed by atoms with Gasteiger partial charge in [0.05, 0.1) is 15.5 Å². The van der Waals surface area contributed by atoms with E-state index in [9.17, 15) is 26.4 Å². The fourth-order valence-electron chi connectivity index (χ4n) is 4.06. The summed E-state index contributed by atoms with van der Waals surface area (Å²) < 4.78 is 56.8. The number of benzene rings is 3. The number of sulfonamides is 2. The van der Waals surface area contributed by atoms with E-state index in [4.69, 9.17) is 0 Å². The van der Waals surface area contributed by atoms with E-state index < -0.39 is 26.0 Å². The number of hydrogen-bond donors (Lipinski definition) is 2. The van der Waals surface area contributed by atoms with Gasteiger partial charge in [0, 0.05) is 18.5 Å². The standard InChI is InChI=1S/C26H26N2O6S2/c1-17-6-11-20(12-7-17)35(31,32)27-19-10-15-23(22(16-19)26-24(29)4-3-5-25(26)30)28-36(33,34)21-13-8-18(2)9-14-21/h6-16,26-28H,3-5H2,1-2H3. The van der Waals surface area contributed by atoms with Crippen LogP contribution in [-0.4, -0.2) is 28.4 Å². The first-order valence-electron chi connectivity index (χ1n) is 11.3. The fourth-order valence-corrected chi connectivity index (χ4v) is 6.20. The number of aryl methyl sites for hydroxylation is 2. The van der Waals surface area contributed by atoms with E-state index in [1.54, 1.807) is 24.3 Å². The Kier molecular flexibility index (Phi) is 7.01. The first kappa shape index (κ1) is 25.6. The quantitative estimate of drug-likeness (QED) is 0.442. The predicted octanol–water partition coefficient (Wildman–Crippen LogP) is 4.31. The van der Waals surface area contributed by atoms with Gasteiger partial charge in [-0.3, -0.25) is 19.0 Å². The Morgan fingerprint density at radius 3 is 1.64 bits per heavy atom. The molecule has 1 fully saturated rings. The molecule has 188 valence electrons. The molecule has 0 aliphatic heterocycles. The lowest BCUT2D eigenvalue weighted by atomic mass is 9.81. The van der Waals surface area contributed by atoms with E-state index in [1.165, 1.54) is 42.5 Å². The van der Waals surface area contributed by atoms with Gasteiger partial charge in [0.15, 0.2) is 0 Å². The SMILES string of the molecule is Cc1ccc(S(=O)(=O)Nc2ccc(NS(=O)(=O)c3ccc(C)cc3)c(C3C(=O)CCCC3=O)c2)cc1. The predicted molar refractivity (Wildman–Crippen MR) is 137 cm³/mol. The van der Waals surface area contributed by atoms with Gasteiger partial charge < -0.3 is 0 Å². The van der Waals surface area contributed by atoms with Crippen LogP contribution >= 0.6 is 0 Å². The monoisotopic (exact) mass is 526 g/mol. The van der Waals surface area contributed by atoms with Gasteiger partial charge in [-0.15, -0.1) is 0 Å². The molecular formula is C26H26N2O6S2.